The summed E-state index contributed by atoms with van der Waals surface area (Å²) in [6, 6.07) is 3.50. The molecule has 0 aliphatic carbocycles. The number of rotatable bonds is 6. The molecule has 1 fully saturated rings. The smallest absolute Gasteiger partial charge is 0.354 e. The maximum absolute atomic E-state index is 11.9. The average Bonchev–Trinajstić information content (AvgIpc) is 3.00. The molecule has 1 aromatic rings. The van der Waals surface area contributed by atoms with E-state index in [1.807, 2.05) is 11.0 Å². The predicted molar refractivity (Wildman–Crippen MR) is 75.9 cm³/mol. The van der Waals surface area contributed by atoms with E-state index in [2.05, 4.69) is 15.0 Å². The van der Waals surface area contributed by atoms with Gasteiger partial charge in [0.25, 0.3) is 0 Å². The molecule has 1 amide bonds. The second-order valence-electron chi connectivity index (χ2n) is 4.81. The number of nitrogens with one attached hydrogen (secondary N) is 2. The topological polar surface area (TPSA) is 83.7 Å². The summed E-state index contributed by atoms with van der Waals surface area (Å²) >= 11 is 0. The van der Waals surface area contributed by atoms with Crippen LogP contribution in [0.5, 0.6) is 0 Å². The molecule has 0 radical (unpaired) electrons. The fourth-order valence-corrected chi connectivity index (χ4v) is 2.16. The first-order valence-corrected chi connectivity index (χ1v) is 7.03. The average molecular weight is 295 g/mol. The van der Waals surface area contributed by atoms with E-state index in [9.17, 15) is 9.59 Å². The number of H-pyrrole nitrogens is 1. The van der Waals surface area contributed by atoms with Gasteiger partial charge in [0.05, 0.1) is 20.3 Å². The van der Waals surface area contributed by atoms with Gasteiger partial charge in [-0.3, -0.25) is 4.79 Å². The van der Waals surface area contributed by atoms with Gasteiger partial charge in [0.1, 0.15) is 5.69 Å². The SMILES string of the molecule is COC(=O)c1ccc(CNCCC(=O)N2CCOCC2)[nH]1. The number of aromatic nitrogens is 1. The third kappa shape index (κ3) is 4.57. The number of ether oxygens (including phenoxy) is 2. The number of esters is 1. The standard InChI is InChI=1S/C14H21N3O4/c1-20-14(19)12-3-2-11(16-12)10-15-5-4-13(18)17-6-8-21-9-7-17/h2-3,15-16H,4-10H2,1H3. The molecule has 0 unspecified atom stereocenters. The van der Waals surface area contributed by atoms with E-state index in [0.717, 1.165) is 5.69 Å². The molecule has 0 aromatic carbocycles. The Balaban J connectivity index is 1.66. The Hall–Kier alpha value is -1.86. The third-order valence-corrected chi connectivity index (χ3v) is 3.35. The van der Waals surface area contributed by atoms with Crippen molar-refractivity contribution in [3.05, 3.63) is 23.5 Å². The lowest BCUT2D eigenvalue weighted by molar-refractivity contribution is -0.135. The van der Waals surface area contributed by atoms with Crippen molar-refractivity contribution in [2.75, 3.05) is 40.0 Å². The van der Waals surface area contributed by atoms with Gasteiger partial charge >= 0.3 is 5.97 Å². The molecule has 116 valence electrons. The summed E-state index contributed by atoms with van der Waals surface area (Å²) < 4.78 is 9.84. The molecular weight excluding hydrogens is 274 g/mol. The number of methoxy groups -OCH3 is 1. The largest absolute Gasteiger partial charge is 0.464 e. The van der Waals surface area contributed by atoms with E-state index in [4.69, 9.17) is 4.74 Å². The minimum atomic E-state index is -0.385. The van der Waals surface area contributed by atoms with Crippen LogP contribution in [0.3, 0.4) is 0 Å². The summed E-state index contributed by atoms with van der Waals surface area (Å²) in [6.07, 6.45) is 0.463. The van der Waals surface area contributed by atoms with Crippen molar-refractivity contribution in [1.29, 1.82) is 0 Å². The van der Waals surface area contributed by atoms with E-state index in [1.54, 1.807) is 6.07 Å². The lowest BCUT2D eigenvalue weighted by Crippen LogP contribution is -2.41. The summed E-state index contributed by atoms with van der Waals surface area (Å²) in [5, 5.41) is 3.18. The number of hydrogen-bond donors (Lipinski definition) is 2. The highest BCUT2D eigenvalue weighted by molar-refractivity contribution is 5.87. The molecule has 0 atom stereocenters. The molecule has 2 rings (SSSR count). The van der Waals surface area contributed by atoms with Crippen LogP contribution in [-0.4, -0.2) is 61.7 Å². The number of amides is 1. The Bertz CT molecular complexity index is 480. The number of morpholine rings is 1. The first kappa shape index (κ1) is 15.5. The van der Waals surface area contributed by atoms with Crippen molar-refractivity contribution in [3.8, 4) is 0 Å². The molecule has 1 aliphatic rings. The van der Waals surface area contributed by atoms with Gasteiger partial charge in [-0.2, -0.15) is 0 Å². The Morgan fingerprint density at radius 1 is 1.38 bits per heavy atom. The van der Waals surface area contributed by atoms with E-state index in [0.29, 0.717) is 51.5 Å². The molecule has 2 N–H and O–H groups in total. The lowest BCUT2D eigenvalue weighted by Gasteiger charge is -2.26. The fourth-order valence-electron chi connectivity index (χ4n) is 2.16. The van der Waals surface area contributed by atoms with Gasteiger partial charge < -0.3 is 24.7 Å². The summed E-state index contributed by atoms with van der Waals surface area (Å²) in [7, 11) is 1.35. The van der Waals surface area contributed by atoms with Gasteiger partial charge in [0.2, 0.25) is 5.91 Å². The highest BCUT2D eigenvalue weighted by atomic mass is 16.5. The molecule has 1 aromatic heterocycles. The highest BCUT2D eigenvalue weighted by Gasteiger charge is 2.16. The van der Waals surface area contributed by atoms with Crippen molar-refractivity contribution in [3.63, 3.8) is 0 Å². The number of hydrogen-bond acceptors (Lipinski definition) is 5. The van der Waals surface area contributed by atoms with E-state index in [1.165, 1.54) is 7.11 Å². The molecule has 1 saturated heterocycles. The fraction of sp³-hybridized carbons (Fsp3) is 0.571. The van der Waals surface area contributed by atoms with Crippen LogP contribution < -0.4 is 5.32 Å². The van der Waals surface area contributed by atoms with Gasteiger partial charge in [-0.15, -0.1) is 0 Å². The van der Waals surface area contributed by atoms with Crippen LogP contribution >= 0.6 is 0 Å². The molecule has 7 heteroatoms. The molecule has 0 bridgehead atoms. The van der Waals surface area contributed by atoms with Crippen molar-refractivity contribution in [1.82, 2.24) is 15.2 Å². The van der Waals surface area contributed by atoms with Crippen LogP contribution in [-0.2, 0) is 20.8 Å². The molecule has 1 aliphatic heterocycles. The van der Waals surface area contributed by atoms with E-state index < -0.39 is 0 Å². The number of carbonyl (C=O) groups excluding carboxylic acids is 2. The van der Waals surface area contributed by atoms with Gasteiger partial charge in [-0.1, -0.05) is 0 Å². The zero-order chi connectivity index (χ0) is 15.1. The minimum absolute atomic E-state index is 0.146. The van der Waals surface area contributed by atoms with E-state index in [-0.39, 0.29) is 11.9 Å². The predicted octanol–water partition coefficient (Wildman–Crippen LogP) is 0.140. The maximum Gasteiger partial charge on any atom is 0.354 e. The van der Waals surface area contributed by atoms with Gasteiger partial charge in [-0.25, -0.2) is 4.79 Å². The van der Waals surface area contributed by atoms with Crippen molar-refractivity contribution < 1.29 is 19.1 Å². The second-order valence-corrected chi connectivity index (χ2v) is 4.81. The number of carbonyl (C=O) groups is 2. The van der Waals surface area contributed by atoms with Crippen LogP contribution in [0.15, 0.2) is 12.1 Å². The number of aromatic amines is 1. The van der Waals surface area contributed by atoms with Crippen molar-refractivity contribution in [2.45, 2.75) is 13.0 Å². The third-order valence-electron chi connectivity index (χ3n) is 3.35. The monoisotopic (exact) mass is 295 g/mol. The summed E-state index contributed by atoms with van der Waals surface area (Å²) in [6.45, 7) is 3.78. The Morgan fingerprint density at radius 3 is 2.86 bits per heavy atom. The first-order valence-electron chi connectivity index (χ1n) is 7.03. The minimum Gasteiger partial charge on any atom is -0.464 e. The van der Waals surface area contributed by atoms with Crippen LogP contribution in [0.25, 0.3) is 0 Å². The molecule has 7 nitrogen and oxygen atoms in total. The quantitative estimate of drug-likeness (QED) is 0.576. The van der Waals surface area contributed by atoms with E-state index >= 15 is 0 Å². The molecular formula is C14H21N3O4. The zero-order valence-electron chi connectivity index (χ0n) is 12.2. The maximum atomic E-state index is 11.9. The zero-order valence-corrected chi connectivity index (χ0v) is 12.2. The van der Waals surface area contributed by atoms with Crippen LogP contribution in [0.1, 0.15) is 22.6 Å². The van der Waals surface area contributed by atoms with Crippen molar-refractivity contribution >= 4 is 11.9 Å². The first-order chi connectivity index (χ1) is 10.2. The summed E-state index contributed by atoms with van der Waals surface area (Å²) in [4.78, 5) is 28.0. The van der Waals surface area contributed by atoms with Gasteiger partial charge in [0.15, 0.2) is 0 Å². The Morgan fingerprint density at radius 2 is 2.14 bits per heavy atom. The Labute approximate surface area is 123 Å². The second kappa shape index (κ2) is 7.80. The van der Waals surface area contributed by atoms with Crippen LogP contribution in [0, 0.1) is 0 Å². The Kier molecular flexibility index (Phi) is 5.77. The number of nitrogens with zero attached hydrogens (tertiary/aromatic N) is 1. The summed E-state index contributed by atoms with van der Waals surface area (Å²) in [5.41, 5.74) is 1.31. The summed E-state index contributed by atoms with van der Waals surface area (Å²) in [5.74, 6) is -0.240. The molecule has 0 spiro atoms. The normalized spacial score (nSPS) is 15.0. The highest BCUT2D eigenvalue weighted by Crippen LogP contribution is 2.03. The van der Waals surface area contributed by atoms with Crippen LogP contribution in [0.2, 0.25) is 0 Å². The lowest BCUT2D eigenvalue weighted by atomic mass is 10.3. The molecule has 0 saturated carbocycles. The molecule has 21 heavy (non-hydrogen) atoms. The molecule has 2 heterocycles. The van der Waals surface area contributed by atoms with Crippen LogP contribution in [0.4, 0.5) is 0 Å². The van der Waals surface area contributed by atoms with Gasteiger partial charge in [0, 0.05) is 38.3 Å². The van der Waals surface area contributed by atoms with Gasteiger partial charge in [-0.05, 0) is 12.1 Å². The van der Waals surface area contributed by atoms with Crippen molar-refractivity contribution in [2.24, 2.45) is 0 Å².